The molecule has 1 amide bonds. The molecule has 2 aromatic rings. The van der Waals surface area contributed by atoms with E-state index in [0.717, 1.165) is 42.1 Å². The lowest BCUT2D eigenvalue weighted by atomic mass is 9.87. The zero-order valence-corrected chi connectivity index (χ0v) is 22.7. The third-order valence-electron chi connectivity index (χ3n) is 8.04. The van der Waals surface area contributed by atoms with Crippen molar-refractivity contribution in [1.29, 1.82) is 0 Å². The number of phenolic OH excluding ortho intramolecular Hbond substituents is 1. The van der Waals surface area contributed by atoms with Gasteiger partial charge in [0.15, 0.2) is 0 Å². The molecule has 1 N–H and O–H groups in total. The number of carbonyl (C=O) groups excluding carboxylic acids is 1. The van der Waals surface area contributed by atoms with E-state index in [1.54, 1.807) is 0 Å². The van der Waals surface area contributed by atoms with Crippen molar-refractivity contribution in [3.63, 3.8) is 0 Å². The van der Waals surface area contributed by atoms with Crippen molar-refractivity contribution in [3.8, 4) is 5.75 Å². The van der Waals surface area contributed by atoms with Gasteiger partial charge in [-0.15, -0.1) is 0 Å². The van der Waals surface area contributed by atoms with Crippen molar-refractivity contribution in [2.75, 3.05) is 0 Å². The number of hydrogen-bond acceptors (Lipinski definition) is 2. The van der Waals surface area contributed by atoms with Crippen LogP contribution in [-0.4, -0.2) is 36.1 Å². The lowest BCUT2D eigenvalue weighted by Gasteiger charge is -2.36. The van der Waals surface area contributed by atoms with Crippen LogP contribution in [0.5, 0.6) is 5.75 Å². The molecule has 0 fully saturated rings. The van der Waals surface area contributed by atoms with E-state index in [-0.39, 0.29) is 23.9 Å². The van der Waals surface area contributed by atoms with E-state index in [9.17, 15) is 9.90 Å². The van der Waals surface area contributed by atoms with E-state index in [1.807, 2.05) is 4.90 Å². The predicted molar refractivity (Wildman–Crippen MR) is 142 cm³/mol. The second-order valence-electron chi connectivity index (χ2n) is 10.4. The van der Waals surface area contributed by atoms with Gasteiger partial charge in [-0.3, -0.25) is 4.79 Å². The smallest absolute Gasteiger partial charge is 0.231 e. The average molecular weight is 466 g/mol. The van der Waals surface area contributed by atoms with Crippen molar-refractivity contribution >= 4 is 19.2 Å². The number of hydrogen-bond donors (Lipinski definition) is 1. The minimum atomic E-state index is -1.87. The van der Waals surface area contributed by atoms with Crippen LogP contribution in [0, 0.1) is 0 Å². The van der Waals surface area contributed by atoms with Gasteiger partial charge in [-0.25, -0.2) is 0 Å². The Morgan fingerprint density at radius 2 is 1.45 bits per heavy atom. The fourth-order valence-corrected chi connectivity index (χ4v) is 10.1. The minimum Gasteiger partial charge on any atom is -0.508 e. The fraction of sp³-hybridized carbons (Fsp3) is 0.552. The molecule has 4 bridgehead atoms. The molecule has 1 unspecified atom stereocenters. The van der Waals surface area contributed by atoms with Gasteiger partial charge in [0.1, 0.15) is 5.75 Å². The van der Waals surface area contributed by atoms with Gasteiger partial charge >= 0.3 is 0 Å². The number of carbonyl (C=O) groups is 1. The standard InChI is InChI=1S/C29H43NO2Si/c1-8-33(9-2,10-3)28-24-16-15-22-11-13-23(14-12-22)19-26(25(18-17-24)27(28)31)29(32)30(20(4)5)21(6)7/h11-14,17-18,20-21,26,31H,8-10,15-16,19H2,1-7H3. The summed E-state index contributed by atoms with van der Waals surface area (Å²) in [6, 6.07) is 16.6. The molecule has 6 rings (SSSR count). The maximum atomic E-state index is 14.0. The van der Waals surface area contributed by atoms with E-state index < -0.39 is 8.07 Å². The summed E-state index contributed by atoms with van der Waals surface area (Å²) in [6.07, 6.45) is 2.52. The van der Waals surface area contributed by atoms with Gasteiger partial charge in [-0.2, -0.15) is 0 Å². The van der Waals surface area contributed by atoms with Gasteiger partial charge in [0.05, 0.1) is 14.0 Å². The molecule has 4 aliphatic carbocycles. The van der Waals surface area contributed by atoms with Gasteiger partial charge in [0.2, 0.25) is 5.91 Å². The highest BCUT2D eigenvalue weighted by molar-refractivity contribution is 6.92. The third-order valence-corrected chi connectivity index (χ3v) is 13.7. The molecule has 0 saturated carbocycles. The van der Waals surface area contributed by atoms with Crippen molar-refractivity contribution in [3.05, 3.63) is 58.7 Å². The predicted octanol–water partition coefficient (Wildman–Crippen LogP) is 6.18. The average Bonchev–Trinajstić information content (AvgIpc) is 2.78. The Bertz CT molecular complexity index is 944. The highest BCUT2D eigenvalue weighted by Crippen LogP contribution is 2.36. The summed E-state index contributed by atoms with van der Waals surface area (Å²) in [5.74, 6) is 0.155. The first kappa shape index (κ1) is 25.5. The number of rotatable bonds is 7. The fourth-order valence-electron chi connectivity index (χ4n) is 5.98. The molecular formula is C29H43NO2Si. The maximum Gasteiger partial charge on any atom is 0.231 e. The van der Waals surface area contributed by atoms with Crippen LogP contribution >= 0.6 is 0 Å². The van der Waals surface area contributed by atoms with Crippen LogP contribution in [0.25, 0.3) is 0 Å². The van der Waals surface area contributed by atoms with Crippen molar-refractivity contribution in [2.45, 2.75) is 104 Å². The molecule has 4 aliphatic rings. The molecule has 0 aliphatic heterocycles. The zero-order valence-electron chi connectivity index (χ0n) is 21.7. The van der Waals surface area contributed by atoms with E-state index in [0.29, 0.717) is 12.2 Å². The second-order valence-corrected chi connectivity index (χ2v) is 15.6. The number of nitrogens with zero attached hydrogens (tertiary/aromatic N) is 1. The number of aryl methyl sites for hydroxylation is 2. The van der Waals surface area contributed by atoms with Gasteiger partial charge in [0.25, 0.3) is 0 Å². The highest BCUT2D eigenvalue weighted by Gasteiger charge is 2.38. The highest BCUT2D eigenvalue weighted by atomic mass is 28.3. The summed E-state index contributed by atoms with van der Waals surface area (Å²) in [5.41, 5.74) is 4.58. The normalized spacial score (nSPS) is 16.2. The summed E-state index contributed by atoms with van der Waals surface area (Å²) >= 11 is 0. The Morgan fingerprint density at radius 3 is 1.97 bits per heavy atom. The summed E-state index contributed by atoms with van der Waals surface area (Å²) in [4.78, 5) is 16.0. The lowest BCUT2D eigenvalue weighted by molar-refractivity contribution is -0.136. The quantitative estimate of drug-likeness (QED) is 0.496. The Morgan fingerprint density at radius 1 is 0.909 bits per heavy atom. The first-order chi connectivity index (χ1) is 15.7. The molecule has 4 heteroatoms. The molecule has 0 saturated heterocycles. The van der Waals surface area contributed by atoms with Crippen LogP contribution in [0.4, 0.5) is 0 Å². The van der Waals surface area contributed by atoms with Gasteiger partial charge in [-0.1, -0.05) is 75.3 Å². The summed E-state index contributed by atoms with van der Waals surface area (Å²) in [5, 5.41) is 13.1. The zero-order chi connectivity index (χ0) is 24.3. The molecule has 0 radical (unpaired) electrons. The van der Waals surface area contributed by atoms with Crippen molar-refractivity contribution < 1.29 is 9.90 Å². The molecule has 0 heterocycles. The van der Waals surface area contributed by atoms with Crippen LogP contribution in [-0.2, 0) is 24.1 Å². The molecule has 0 aromatic heterocycles. The number of benzene rings is 2. The molecule has 3 nitrogen and oxygen atoms in total. The van der Waals surface area contributed by atoms with Gasteiger partial charge in [0, 0.05) is 17.6 Å². The largest absolute Gasteiger partial charge is 0.508 e. The first-order valence-electron chi connectivity index (χ1n) is 12.9. The minimum absolute atomic E-state index is 0.109. The second kappa shape index (κ2) is 10.5. The Hall–Kier alpha value is -2.07. The number of aromatic hydroxyl groups is 1. The molecule has 2 aromatic carbocycles. The maximum absolute atomic E-state index is 14.0. The molecule has 33 heavy (non-hydrogen) atoms. The summed E-state index contributed by atoms with van der Waals surface area (Å²) in [6.45, 7) is 15.2. The topological polar surface area (TPSA) is 40.5 Å². The van der Waals surface area contributed by atoms with E-state index in [1.165, 1.54) is 16.3 Å². The Balaban J connectivity index is 2.28. The SMILES string of the molecule is CC[Si](CC)(CC)c1c2ccc(c1O)C(C(=O)N(C(C)C)C(C)C)Cc1ccc(cc1)CC2. The Kier molecular flexibility index (Phi) is 8.10. The van der Waals surface area contributed by atoms with Crippen LogP contribution in [0.15, 0.2) is 36.4 Å². The lowest BCUT2D eigenvalue weighted by Crippen LogP contribution is -2.49. The van der Waals surface area contributed by atoms with Crippen molar-refractivity contribution in [1.82, 2.24) is 4.90 Å². The molecule has 0 spiro atoms. The van der Waals surface area contributed by atoms with Gasteiger partial charge in [-0.05, 0) is 68.8 Å². The monoisotopic (exact) mass is 465 g/mol. The third kappa shape index (κ3) is 4.91. The van der Waals surface area contributed by atoms with E-state index in [4.69, 9.17) is 0 Å². The molecular weight excluding hydrogens is 422 g/mol. The summed E-state index contributed by atoms with van der Waals surface area (Å²) < 4.78 is 0. The molecule has 180 valence electrons. The molecule has 1 atom stereocenters. The van der Waals surface area contributed by atoms with E-state index in [2.05, 4.69) is 84.9 Å². The van der Waals surface area contributed by atoms with Crippen LogP contribution in [0.1, 0.15) is 76.6 Å². The van der Waals surface area contributed by atoms with Crippen LogP contribution in [0.2, 0.25) is 18.1 Å². The van der Waals surface area contributed by atoms with E-state index >= 15 is 0 Å². The number of phenols is 1. The van der Waals surface area contributed by atoms with Crippen LogP contribution < -0.4 is 5.19 Å². The summed E-state index contributed by atoms with van der Waals surface area (Å²) in [7, 11) is -1.87. The first-order valence-corrected chi connectivity index (χ1v) is 15.6. The van der Waals surface area contributed by atoms with Crippen LogP contribution in [0.3, 0.4) is 0 Å². The van der Waals surface area contributed by atoms with Gasteiger partial charge < -0.3 is 10.0 Å². The number of amides is 1. The van der Waals surface area contributed by atoms with Crippen molar-refractivity contribution in [2.24, 2.45) is 0 Å². The Labute approximate surface area is 202 Å².